The number of hydrogen-bond acceptors (Lipinski definition) is 6. The first-order valence-corrected chi connectivity index (χ1v) is 6.20. The van der Waals surface area contributed by atoms with Crippen molar-refractivity contribution in [3.05, 3.63) is 40.6 Å². The fourth-order valence-electron chi connectivity index (χ4n) is 1.43. The Hall–Kier alpha value is -1.99. The first-order chi connectivity index (χ1) is 8.70. The predicted molar refractivity (Wildman–Crippen MR) is 70.0 cm³/mol. The number of carbonyl (C=O) groups is 1. The third kappa shape index (κ3) is 2.82. The summed E-state index contributed by atoms with van der Waals surface area (Å²) in [6, 6.07) is 3.34. The van der Waals surface area contributed by atoms with Gasteiger partial charge < -0.3 is 10.3 Å². The fourth-order valence-corrected chi connectivity index (χ4v) is 1.98. The van der Waals surface area contributed by atoms with Crippen molar-refractivity contribution in [2.75, 3.05) is 12.5 Å². The van der Waals surface area contributed by atoms with Crippen LogP contribution in [-0.2, 0) is 6.54 Å². The lowest BCUT2D eigenvalue weighted by Gasteiger charge is -2.15. The summed E-state index contributed by atoms with van der Waals surface area (Å²) in [7, 11) is 1.72. The number of nitrogens with zero attached hydrogens (tertiary/aromatic N) is 3. The number of hydrogen-bond donors (Lipinski definition) is 2. The van der Waals surface area contributed by atoms with Crippen molar-refractivity contribution in [3.63, 3.8) is 0 Å². The van der Waals surface area contributed by atoms with E-state index in [2.05, 4.69) is 15.4 Å². The molecule has 0 saturated heterocycles. The van der Waals surface area contributed by atoms with E-state index >= 15 is 0 Å². The highest BCUT2D eigenvalue weighted by Crippen LogP contribution is 2.09. The summed E-state index contributed by atoms with van der Waals surface area (Å²) in [5.41, 5.74) is 6.12. The number of aromatic nitrogens is 2. The van der Waals surface area contributed by atoms with Crippen molar-refractivity contribution < 1.29 is 4.79 Å². The molecule has 2 aromatic rings. The van der Waals surface area contributed by atoms with Crippen LogP contribution in [0.4, 0.5) is 5.69 Å². The van der Waals surface area contributed by atoms with E-state index in [1.54, 1.807) is 29.6 Å². The molecule has 2 heterocycles. The third-order valence-electron chi connectivity index (χ3n) is 2.38. The van der Waals surface area contributed by atoms with Crippen LogP contribution >= 0.6 is 11.3 Å². The van der Waals surface area contributed by atoms with E-state index in [4.69, 9.17) is 5.84 Å². The van der Waals surface area contributed by atoms with E-state index in [1.807, 2.05) is 5.38 Å². The van der Waals surface area contributed by atoms with Gasteiger partial charge in [-0.1, -0.05) is 0 Å². The quantitative estimate of drug-likeness (QED) is 0.637. The van der Waals surface area contributed by atoms with E-state index in [-0.39, 0.29) is 5.91 Å². The van der Waals surface area contributed by atoms with Crippen molar-refractivity contribution in [1.82, 2.24) is 14.9 Å². The maximum atomic E-state index is 12.1. The van der Waals surface area contributed by atoms with Crippen molar-refractivity contribution >= 4 is 22.9 Å². The number of anilines is 1. The van der Waals surface area contributed by atoms with Crippen LogP contribution in [0.5, 0.6) is 0 Å². The van der Waals surface area contributed by atoms with Crippen LogP contribution in [0.25, 0.3) is 0 Å². The Morgan fingerprint density at radius 2 is 2.33 bits per heavy atom. The molecule has 6 nitrogen and oxygen atoms in total. The SMILES string of the molecule is CN(Cc1cscn1)C(=O)c1ccc(NN)cn1. The Kier molecular flexibility index (Phi) is 3.85. The van der Waals surface area contributed by atoms with Gasteiger partial charge in [0.25, 0.3) is 5.91 Å². The summed E-state index contributed by atoms with van der Waals surface area (Å²) < 4.78 is 0. The van der Waals surface area contributed by atoms with Crippen LogP contribution in [0.2, 0.25) is 0 Å². The molecule has 18 heavy (non-hydrogen) atoms. The number of thiazole rings is 1. The first-order valence-electron chi connectivity index (χ1n) is 5.26. The Bertz CT molecular complexity index is 511. The van der Waals surface area contributed by atoms with Gasteiger partial charge in [-0.15, -0.1) is 11.3 Å². The van der Waals surface area contributed by atoms with E-state index < -0.39 is 0 Å². The maximum absolute atomic E-state index is 12.1. The number of pyridine rings is 1. The minimum Gasteiger partial charge on any atom is -0.334 e. The van der Waals surface area contributed by atoms with Crippen molar-refractivity contribution in [2.45, 2.75) is 6.54 Å². The molecule has 0 bridgehead atoms. The lowest BCUT2D eigenvalue weighted by molar-refractivity contribution is 0.0778. The zero-order chi connectivity index (χ0) is 13.0. The smallest absolute Gasteiger partial charge is 0.272 e. The van der Waals surface area contributed by atoms with Gasteiger partial charge in [-0.2, -0.15) is 0 Å². The zero-order valence-corrected chi connectivity index (χ0v) is 10.6. The Labute approximate surface area is 108 Å². The maximum Gasteiger partial charge on any atom is 0.272 e. The van der Waals surface area contributed by atoms with Crippen LogP contribution < -0.4 is 11.3 Å². The second-order valence-electron chi connectivity index (χ2n) is 3.72. The van der Waals surface area contributed by atoms with Gasteiger partial charge in [-0.05, 0) is 12.1 Å². The standard InChI is InChI=1S/C11H13N5OS/c1-16(5-9-6-18-7-14-9)11(17)10-3-2-8(15-12)4-13-10/h2-4,6-7,15H,5,12H2,1H3. The lowest BCUT2D eigenvalue weighted by atomic mass is 10.3. The number of amides is 1. The molecule has 1 amide bonds. The number of nitrogens with two attached hydrogens (primary N) is 1. The molecule has 0 aliphatic heterocycles. The van der Waals surface area contributed by atoms with Crippen molar-refractivity contribution in [1.29, 1.82) is 0 Å². The normalized spacial score (nSPS) is 10.1. The highest BCUT2D eigenvalue weighted by Gasteiger charge is 2.13. The highest BCUT2D eigenvalue weighted by atomic mass is 32.1. The highest BCUT2D eigenvalue weighted by molar-refractivity contribution is 7.07. The average Bonchev–Trinajstić information content (AvgIpc) is 2.91. The van der Waals surface area contributed by atoms with Gasteiger partial charge in [-0.25, -0.2) is 9.97 Å². The molecule has 7 heteroatoms. The van der Waals surface area contributed by atoms with Crippen LogP contribution in [0.3, 0.4) is 0 Å². The largest absolute Gasteiger partial charge is 0.334 e. The molecule has 3 N–H and O–H groups in total. The average molecular weight is 263 g/mol. The van der Waals surface area contributed by atoms with Crippen LogP contribution in [-0.4, -0.2) is 27.8 Å². The van der Waals surface area contributed by atoms with Gasteiger partial charge in [0.1, 0.15) is 5.69 Å². The number of nitrogen functional groups attached to an aromatic ring is 1. The molecule has 0 aromatic carbocycles. The lowest BCUT2D eigenvalue weighted by Crippen LogP contribution is -2.27. The molecule has 0 saturated carbocycles. The van der Waals surface area contributed by atoms with E-state index in [1.165, 1.54) is 17.5 Å². The molecule has 0 unspecified atom stereocenters. The molecule has 0 fully saturated rings. The molecule has 2 rings (SSSR count). The van der Waals surface area contributed by atoms with E-state index in [0.29, 0.717) is 17.9 Å². The van der Waals surface area contributed by atoms with Crippen LogP contribution in [0, 0.1) is 0 Å². The molecular formula is C11H13N5OS. The number of carbonyl (C=O) groups excluding carboxylic acids is 1. The van der Waals surface area contributed by atoms with Crippen molar-refractivity contribution in [3.8, 4) is 0 Å². The van der Waals surface area contributed by atoms with Crippen LogP contribution in [0.15, 0.2) is 29.2 Å². The van der Waals surface area contributed by atoms with Gasteiger partial charge in [0.05, 0.1) is 29.6 Å². The molecule has 0 aliphatic rings. The third-order valence-corrected chi connectivity index (χ3v) is 3.01. The van der Waals surface area contributed by atoms with Crippen LogP contribution in [0.1, 0.15) is 16.2 Å². The monoisotopic (exact) mass is 263 g/mol. The van der Waals surface area contributed by atoms with Gasteiger partial charge in [0, 0.05) is 12.4 Å². The topological polar surface area (TPSA) is 84.1 Å². The number of hydrazine groups is 1. The second kappa shape index (κ2) is 5.56. The van der Waals surface area contributed by atoms with Gasteiger partial charge >= 0.3 is 0 Å². The second-order valence-corrected chi connectivity index (χ2v) is 4.44. The van der Waals surface area contributed by atoms with Gasteiger partial charge in [0.2, 0.25) is 0 Å². The minimum absolute atomic E-state index is 0.147. The summed E-state index contributed by atoms with van der Waals surface area (Å²) in [6.45, 7) is 0.473. The van der Waals surface area contributed by atoms with E-state index in [0.717, 1.165) is 5.69 Å². The Morgan fingerprint density at radius 1 is 1.50 bits per heavy atom. The molecular weight excluding hydrogens is 250 g/mol. The molecule has 0 radical (unpaired) electrons. The Balaban J connectivity index is 2.05. The molecule has 0 atom stereocenters. The molecule has 0 aliphatic carbocycles. The Morgan fingerprint density at radius 3 is 2.89 bits per heavy atom. The summed E-state index contributed by atoms with van der Waals surface area (Å²) in [5.74, 6) is 5.09. The summed E-state index contributed by atoms with van der Waals surface area (Å²) >= 11 is 1.51. The number of nitrogens with one attached hydrogen (secondary N) is 1. The molecule has 2 aromatic heterocycles. The summed E-state index contributed by atoms with van der Waals surface area (Å²) in [5, 5.41) is 1.92. The fraction of sp³-hybridized carbons (Fsp3) is 0.182. The molecule has 0 spiro atoms. The predicted octanol–water partition coefficient (Wildman–Crippen LogP) is 1.10. The van der Waals surface area contributed by atoms with Gasteiger partial charge in [-0.3, -0.25) is 10.6 Å². The van der Waals surface area contributed by atoms with Crippen molar-refractivity contribution in [2.24, 2.45) is 5.84 Å². The summed E-state index contributed by atoms with van der Waals surface area (Å²) in [6.07, 6.45) is 1.52. The summed E-state index contributed by atoms with van der Waals surface area (Å²) in [4.78, 5) is 21.8. The zero-order valence-electron chi connectivity index (χ0n) is 9.83. The van der Waals surface area contributed by atoms with Gasteiger partial charge in [0.15, 0.2) is 0 Å². The molecule has 94 valence electrons. The van der Waals surface area contributed by atoms with E-state index in [9.17, 15) is 4.79 Å². The number of rotatable bonds is 4. The first kappa shape index (κ1) is 12.5. The minimum atomic E-state index is -0.147.